The highest BCUT2D eigenvalue weighted by Crippen LogP contribution is 2.20. The van der Waals surface area contributed by atoms with Crippen molar-refractivity contribution in [3.8, 4) is 0 Å². The highest BCUT2D eigenvalue weighted by molar-refractivity contribution is 6.03. The Morgan fingerprint density at radius 1 is 1.13 bits per heavy atom. The molecule has 0 atom stereocenters. The summed E-state index contributed by atoms with van der Waals surface area (Å²) in [6.07, 6.45) is 0.481. The van der Waals surface area contributed by atoms with Gasteiger partial charge in [0, 0.05) is 0 Å². The summed E-state index contributed by atoms with van der Waals surface area (Å²) in [6.45, 7) is 3.51. The minimum atomic E-state index is -0.666. The number of hydrogen-bond donors (Lipinski definition) is 1. The summed E-state index contributed by atoms with van der Waals surface area (Å²) in [4.78, 5) is 37.9. The Balaban J connectivity index is 2.22. The fourth-order valence-corrected chi connectivity index (χ4v) is 2.17. The molecule has 1 aromatic carbocycles. The number of carbonyl (C=O) groups excluding carboxylic acids is 3. The van der Waals surface area contributed by atoms with Gasteiger partial charge in [0.1, 0.15) is 12.3 Å². The van der Waals surface area contributed by atoms with Crippen LogP contribution in [0.15, 0.2) is 30.3 Å². The minimum Gasteiger partial charge on any atom is -0.461 e. The van der Waals surface area contributed by atoms with Crippen LogP contribution in [-0.4, -0.2) is 29.8 Å². The van der Waals surface area contributed by atoms with Gasteiger partial charge in [-0.2, -0.15) is 0 Å². The van der Waals surface area contributed by atoms with Gasteiger partial charge in [-0.3, -0.25) is 4.79 Å². The molecule has 0 radical (unpaired) electrons. The standard InChI is InChI=1S/C17H17NO5/c1-3-22-17(21)15-11(2)14(13(9-19)18-15)16(20)23-10-12-7-5-4-6-8-12/h4-9,18H,3,10H2,1-2H3. The zero-order chi connectivity index (χ0) is 16.8. The van der Waals surface area contributed by atoms with Crippen molar-refractivity contribution in [2.45, 2.75) is 20.5 Å². The Kier molecular flexibility index (Phi) is 5.30. The molecule has 2 aromatic rings. The van der Waals surface area contributed by atoms with Gasteiger partial charge in [-0.15, -0.1) is 0 Å². The minimum absolute atomic E-state index is 0.00335. The summed E-state index contributed by atoms with van der Waals surface area (Å²) in [5.41, 5.74) is 1.30. The molecular formula is C17H17NO5. The van der Waals surface area contributed by atoms with Gasteiger partial charge in [-0.25, -0.2) is 9.59 Å². The summed E-state index contributed by atoms with van der Waals surface area (Å²) in [6, 6.07) is 9.17. The average molecular weight is 315 g/mol. The molecule has 0 saturated heterocycles. The van der Waals surface area contributed by atoms with Crippen molar-refractivity contribution >= 4 is 18.2 Å². The molecule has 0 aliphatic carbocycles. The number of hydrogen-bond acceptors (Lipinski definition) is 5. The molecule has 1 aromatic heterocycles. The van der Waals surface area contributed by atoms with Crippen LogP contribution in [0.1, 0.15) is 49.4 Å². The zero-order valence-corrected chi connectivity index (χ0v) is 12.9. The maximum Gasteiger partial charge on any atom is 0.355 e. The maximum atomic E-state index is 12.3. The fraction of sp³-hybridized carbons (Fsp3) is 0.235. The number of aldehydes is 1. The molecule has 120 valence electrons. The predicted octanol–water partition coefficient (Wildman–Crippen LogP) is 2.67. The number of rotatable bonds is 6. The Hall–Kier alpha value is -2.89. The molecule has 0 aliphatic rings. The molecular weight excluding hydrogens is 298 g/mol. The summed E-state index contributed by atoms with van der Waals surface area (Å²) >= 11 is 0. The third-order valence-corrected chi connectivity index (χ3v) is 3.29. The zero-order valence-electron chi connectivity index (χ0n) is 12.9. The van der Waals surface area contributed by atoms with E-state index in [1.165, 1.54) is 0 Å². The van der Waals surface area contributed by atoms with E-state index in [1.807, 2.05) is 30.3 Å². The molecule has 0 saturated carbocycles. The quantitative estimate of drug-likeness (QED) is 0.654. The second-order valence-electron chi connectivity index (χ2n) is 4.81. The fourth-order valence-electron chi connectivity index (χ4n) is 2.17. The van der Waals surface area contributed by atoms with E-state index in [0.29, 0.717) is 11.8 Å². The Bertz CT molecular complexity index is 718. The molecule has 0 amide bonds. The first-order valence-corrected chi connectivity index (χ1v) is 7.14. The summed E-state index contributed by atoms with van der Waals surface area (Å²) in [7, 11) is 0. The van der Waals surface area contributed by atoms with E-state index in [-0.39, 0.29) is 30.2 Å². The third-order valence-electron chi connectivity index (χ3n) is 3.29. The van der Waals surface area contributed by atoms with Crippen molar-refractivity contribution < 1.29 is 23.9 Å². The molecule has 1 heterocycles. The van der Waals surface area contributed by atoms with Crippen molar-refractivity contribution in [2.24, 2.45) is 0 Å². The number of H-pyrrole nitrogens is 1. The highest BCUT2D eigenvalue weighted by atomic mass is 16.5. The molecule has 0 aliphatic heterocycles. The van der Waals surface area contributed by atoms with Crippen molar-refractivity contribution in [1.29, 1.82) is 0 Å². The number of carbonyl (C=O) groups is 3. The van der Waals surface area contributed by atoms with Crippen LogP contribution >= 0.6 is 0 Å². The number of esters is 2. The normalized spacial score (nSPS) is 10.2. The van der Waals surface area contributed by atoms with Gasteiger partial charge >= 0.3 is 11.9 Å². The molecule has 0 spiro atoms. The summed E-state index contributed by atoms with van der Waals surface area (Å²) in [5, 5.41) is 0. The Morgan fingerprint density at radius 2 is 1.83 bits per heavy atom. The second-order valence-corrected chi connectivity index (χ2v) is 4.81. The first-order chi connectivity index (χ1) is 11.1. The van der Waals surface area contributed by atoms with E-state index in [1.54, 1.807) is 13.8 Å². The second kappa shape index (κ2) is 7.40. The molecule has 6 heteroatoms. The molecule has 0 fully saturated rings. The topological polar surface area (TPSA) is 85.5 Å². The van der Waals surface area contributed by atoms with E-state index >= 15 is 0 Å². The smallest absolute Gasteiger partial charge is 0.355 e. The lowest BCUT2D eigenvalue weighted by Crippen LogP contribution is -2.09. The van der Waals surface area contributed by atoms with Gasteiger partial charge in [0.15, 0.2) is 6.29 Å². The van der Waals surface area contributed by atoms with Crippen molar-refractivity contribution in [2.75, 3.05) is 6.61 Å². The average Bonchev–Trinajstić information content (AvgIpc) is 2.90. The number of ether oxygens (including phenoxy) is 2. The lowest BCUT2D eigenvalue weighted by Gasteiger charge is -2.05. The van der Waals surface area contributed by atoms with E-state index in [9.17, 15) is 14.4 Å². The Morgan fingerprint density at radius 3 is 2.43 bits per heavy atom. The van der Waals surface area contributed by atoms with Crippen molar-refractivity contribution in [3.63, 3.8) is 0 Å². The molecule has 23 heavy (non-hydrogen) atoms. The molecule has 0 unspecified atom stereocenters. The summed E-state index contributed by atoms with van der Waals surface area (Å²) < 4.78 is 10.1. The van der Waals surface area contributed by atoms with Crippen LogP contribution < -0.4 is 0 Å². The van der Waals surface area contributed by atoms with Crippen LogP contribution in [0.2, 0.25) is 0 Å². The number of aromatic nitrogens is 1. The lowest BCUT2D eigenvalue weighted by molar-refractivity contribution is 0.0470. The lowest BCUT2D eigenvalue weighted by atomic mass is 10.1. The number of nitrogens with one attached hydrogen (secondary N) is 1. The van der Waals surface area contributed by atoms with E-state index in [0.717, 1.165) is 5.56 Å². The first kappa shape index (κ1) is 16.5. The van der Waals surface area contributed by atoms with Gasteiger partial charge in [0.25, 0.3) is 0 Å². The molecule has 6 nitrogen and oxygen atoms in total. The predicted molar refractivity (Wildman–Crippen MR) is 82.4 cm³/mol. The van der Waals surface area contributed by atoms with Crippen LogP contribution in [0.4, 0.5) is 0 Å². The van der Waals surface area contributed by atoms with Crippen molar-refractivity contribution in [1.82, 2.24) is 4.98 Å². The van der Waals surface area contributed by atoms with E-state index in [2.05, 4.69) is 4.98 Å². The van der Waals surface area contributed by atoms with Gasteiger partial charge in [-0.1, -0.05) is 30.3 Å². The number of benzene rings is 1. The van der Waals surface area contributed by atoms with Crippen LogP contribution in [0.5, 0.6) is 0 Å². The molecule has 2 rings (SSSR count). The Labute approximate surface area is 133 Å². The van der Waals surface area contributed by atoms with E-state index in [4.69, 9.17) is 9.47 Å². The highest BCUT2D eigenvalue weighted by Gasteiger charge is 2.25. The van der Waals surface area contributed by atoms with Gasteiger partial charge in [0.2, 0.25) is 0 Å². The van der Waals surface area contributed by atoms with E-state index < -0.39 is 11.9 Å². The maximum absolute atomic E-state index is 12.3. The molecule has 1 N–H and O–H groups in total. The van der Waals surface area contributed by atoms with Crippen LogP contribution in [-0.2, 0) is 16.1 Å². The van der Waals surface area contributed by atoms with Crippen LogP contribution in [0, 0.1) is 6.92 Å². The SMILES string of the molecule is CCOC(=O)c1[nH]c(C=O)c(C(=O)OCc2ccccc2)c1C. The van der Waals surface area contributed by atoms with Crippen LogP contribution in [0.25, 0.3) is 0 Å². The first-order valence-electron chi connectivity index (χ1n) is 7.14. The van der Waals surface area contributed by atoms with Gasteiger partial charge < -0.3 is 14.5 Å². The summed E-state index contributed by atoms with van der Waals surface area (Å²) in [5.74, 6) is -1.28. The van der Waals surface area contributed by atoms with Crippen molar-refractivity contribution in [3.05, 3.63) is 58.4 Å². The number of aromatic amines is 1. The van der Waals surface area contributed by atoms with Gasteiger partial charge in [0.05, 0.1) is 17.9 Å². The van der Waals surface area contributed by atoms with Crippen LogP contribution in [0.3, 0.4) is 0 Å². The largest absolute Gasteiger partial charge is 0.461 e. The third kappa shape index (κ3) is 3.66. The molecule has 0 bridgehead atoms. The monoisotopic (exact) mass is 315 g/mol. The van der Waals surface area contributed by atoms with Gasteiger partial charge in [-0.05, 0) is 25.0 Å².